The SMILES string of the molecule is N[C@@H](CCN1CCCC1)C(=O)O. The lowest BCUT2D eigenvalue weighted by Gasteiger charge is -2.15. The van der Waals surface area contributed by atoms with Gasteiger partial charge in [0.05, 0.1) is 0 Å². The summed E-state index contributed by atoms with van der Waals surface area (Å²) in [4.78, 5) is 12.6. The van der Waals surface area contributed by atoms with Crippen molar-refractivity contribution in [3.8, 4) is 0 Å². The first-order chi connectivity index (χ1) is 5.70. The molecule has 0 spiro atoms. The topological polar surface area (TPSA) is 66.6 Å². The molecule has 0 bridgehead atoms. The summed E-state index contributed by atoms with van der Waals surface area (Å²) in [7, 11) is 0. The highest BCUT2D eigenvalue weighted by Gasteiger charge is 2.15. The molecular formula is C8H16N2O2. The van der Waals surface area contributed by atoms with Crippen molar-refractivity contribution in [2.24, 2.45) is 5.73 Å². The molecule has 0 aliphatic carbocycles. The number of carbonyl (C=O) groups is 1. The summed E-state index contributed by atoms with van der Waals surface area (Å²) >= 11 is 0. The first kappa shape index (κ1) is 9.48. The summed E-state index contributed by atoms with van der Waals surface area (Å²) in [5.41, 5.74) is 5.37. The van der Waals surface area contributed by atoms with Crippen molar-refractivity contribution in [2.45, 2.75) is 25.3 Å². The zero-order valence-corrected chi connectivity index (χ0v) is 7.20. The van der Waals surface area contributed by atoms with Crippen LogP contribution in [0, 0.1) is 0 Å². The van der Waals surface area contributed by atoms with Gasteiger partial charge in [0.25, 0.3) is 0 Å². The fourth-order valence-corrected chi connectivity index (χ4v) is 1.45. The van der Waals surface area contributed by atoms with E-state index < -0.39 is 12.0 Å². The van der Waals surface area contributed by atoms with E-state index in [1.165, 1.54) is 12.8 Å². The summed E-state index contributed by atoms with van der Waals surface area (Å²) in [5, 5.41) is 8.51. The maximum absolute atomic E-state index is 10.4. The summed E-state index contributed by atoms with van der Waals surface area (Å²) in [6.07, 6.45) is 3.04. The predicted octanol–water partition coefficient (Wildman–Crippen LogP) is -0.116. The van der Waals surface area contributed by atoms with Gasteiger partial charge < -0.3 is 15.7 Å². The zero-order valence-electron chi connectivity index (χ0n) is 7.20. The molecule has 1 fully saturated rings. The molecule has 1 heterocycles. The molecule has 12 heavy (non-hydrogen) atoms. The van der Waals surface area contributed by atoms with E-state index in [1.807, 2.05) is 0 Å². The maximum atomic E-state index is 10.4. The number of nitrogens with two attached hydrogens (primary N) is 1. The van der Waals surface area contributed by atoms with Crippen molar-refractivity contribution in [1.82, 2.24) is 4.90 Å². The molecule has 3 N–H and O–H groups in total. The van der Waals surface area contributed by atoms with E-state index in [2.05, 4.69) is 4.90 Å². The van der Waals surface area contributed by atoms with Gasteiger partial charge in [0.2, 0.25) is 0 Å². The quantitative estimate of drug-likeness (QED) is 0.620. The third-order valence-corrected chi connectivity index (χ3v) is 2.27. The van der Waals surface area contributed by atoms with Crippen LogP contribution in [-0.2, 0) is 4.79 Å². The van der Waals surface area contributed by atoms with E-state index in [0.717, 1.165) is 19.6 Å². The minimum atomic E-state index is -0.894. The lowest BCUT2D eigenvalue weighted by molar-refractivity contribution is -0.138. The van der Waals surface area contributed by atoms with Crippen molar-refractivity contribution in [2.75, 3.05) is 19.6 Å². The Labute approximate surface area is 72.3 Å². The van der Waals surface area contributed by atoms with E-state index >= 15 is 0 Å². The van der Waals surface area contributed by atoms with E-state index in [9.17, 15) is 4.79 Å². The summed E-state index contributed by atoms with van der Waals surface area (Å²) in [5.74, 6) is -0.894. The fraction of sp³-hybridized carbons (Fsp3) is 0.875. The molecule has 0 amide bonds. The fourth-order valence-electron chi connectivity index (χ4n) is 1.45. The average Bonchev–Trinajstić information content (AvgIpc) is 2.51. The van der Waals surface area contributed by atoms with Gasteiger partial charge in [0, 0.05) is 6.54 Å². The molecule has 0 aromatic heterocycles. The monoisotopic (exact) mass is 172 g/mol. The van der Waals surface area contributed by atoms with Crippen LogP contribution in [0.15, 0.2) is 0 Å². The number of hydrogen-bond acceptors (Lipinski definition) is 3. The van der Waals surface area contributed by atoms with Crippen molar-refractivity contribution >= 4 is 5.97 Å². The van der Waals surface area contributed by atoms with E-state index in [1.54, 1.807) is 0 Å². The van der Waals surface area contributed by atoms with Crippen LogP contribution in [0.3, 0.4) is 0 Å². The van der Waals surface area contributed by atoms with Crippen LogP contribution < -0.4 is 5.73 Å². The molecule has 0 unspecified atom stereocenters. The predicted molar refractivity (Wildman–Crippen MR) is 45.9 cm³/mol. The highest BCUT2D eigenvalue weighted by molar-refractivity contribution is 5.72. The van der Waals surface area contributed by atoms with Gasteiger partial charge in [-0.15, -0.1) is 0 Å². The van der Waals surface area contributed by atoms with Gasteiger partial charge in [-0.1, -0.05) is 0 Å². The molecule has 0 aromatic rings. The summed E-state index contributed by atoms with van der Waals surface area (Å²) in [6, 6.07) is -0.689. The van der Waals surface area contributed by atoms with Gasteiger partial charge in [-0.25, -0.2) is 0 Å². The Morgan fingerprint density at radius 3 is 2.58 bits per heavy atom. The second-order valence-electron chi connectivity index (χ2n) is 3.28. The van der Waals surface area contributed by atoms with E-state index in [0.29, 0.717) is 6.42 Å². The maximum Gasteiger partial charge on any atom is 0.320 e. The first-order valence-corrected chi connectivity index (χ1v) is 4.41. The van der Waals surface area contributed by atoms with Crippen molar-refractivity contribution in [1.29, 1.82) is 0 Å². The van der Waals surface area contributed by atoms with Gasteiger partial charge >= 0.3 is 5.97 Å². The zero-order chi connectivity index (χ0) is 8.97. The van der Waals surface area contributed by atoms with Crippen LogP contribution in [0.2, 0.25) is 0 Å². The Morgan fingerprint density at radius 1 is 1.50 bits per heavy atom. The number of rotatable bonds is 4. The number of carboxylic acid groups (broad SMARTS) is 1. The van der Waals surface area contributed by atoms with Crippen molar-refractivity contribution < 1.29 is 9.90 Å². The third-order valence-electron chi connectivity index (χ3n) is 2.27. The van der Waals surface area contributed by atoms with Crippen LogP contribution in [0.25, 0.3) is 0 Å². The molecule has 4 heteroatoms. The summed E-state index contributed by atoms with van der Waals surface area (Å²) < 4.78 is 0. The molecule has 4 nitrogen and oxygen atoms in total. The Morgan fingerprint density at radius 2 is 2.08 bits per heavy atom. The van der Waals surface area contributed by atoms with Crippen LogP contribution in [-0.4, -0.2) is 41.7 Å². The second kappa shape index (κ2) is 4.42. The third kappa shape index (κ3) is 2.79. The molecule has 1 saturated heterocycles. The number of aliphatic carboxylic acids is 1. The molecule has 1 rings (SSSR count). The Balaban J connectivity index is 2.11. The van der Waals surface area contributed by atoms with E-state index in [-0.39, 0.29) is 0 Å². The van der Waals surface area contributed by atoms with Gasteiger partial charge in [-0.3, -0.25) is 4.79 Å². The standard InChI is InChI=1S/C8H16N2O2/c9-7(8(11)12)3-6-10-4-1-2-5-10/h7H,1-6,9H2,(H,11,12)/t7-/m0/s1. The van der Waals surface area contributed by atoms with Gasteiger partial charge in [0.15, 0.2) is 0 Å². The lowest BCUT2D eigenvalue weighted by atomic mass is 10.2. The Hall–Kier alpha value is -0.610. The largest absolute Gasteiger partial charge is 0.480 e. The Bertz CT molecular complexity index is 155. The molecule has 1 aliphatic heterocycles. The molecule has 0 radical (unpaired) electrons. The molecule has 1 atom stereocenters. The summed E-state index contributed by atoms with van der Waals surface area (Å²) in [6.45, 7) is 3.03. The van der Waals surface area contributed by atoms with Crippen LogP contribution in [0.4, 0.5) is 0 Å². The van der Waals surface area contributed by atoms with Crippen LogP contribution >= 0.6 is 0 Å². The second-order valence-corrected chi connectivity index (χ2v) is 3.28. The van der Waals surface area contributed by atoms with E-state index in [4.69, 9.17) is 10.8 Å². The van der Waals surface area contributed by atoms with Crippen LogP contribution in [0.1, 0.15) is 19.3 Å². The van der Waals surface area contributed by atoms with Gasteiger partial charge in [-0.05, 0) is 32.4 Å². The highest BCUT2D eigenvalue weighted by Crippen LogP contribution is 2.07. The molecule has 0 saturated carbocycles. The van der Waals surface area contributed by atoms with Crippen molar-refractivity contribution in [3.63, 3.8) is 0 Å². The number of nitrogens with zero attached hydrogens (tertiary/aromatic N) is 1. The number of hydrogen-bond donors (Lipinski definition) is 2. The molecular weight excluding hydrogens is 156 g/mol. The Kier molecular flexibility index (Phi) is 3.49. The smallest absolute Gasteiger partial charge is 0.320 e. The first-order valence-electron chi connectivity index (χ1n) is 4.41. The lowest BCUT2D eigenvalue weighted by Crippen LogP contribution is -2.34. The van der Waals surface area contributed by atoms with Gasteiger partial charge in [0.1, 0.15) is 6.04 Å². The van der Waals surface area contributed by atoms with Gasteiger partial charge in [-0.2, -0.15) is 0 Å². The molecule has 0 aromatic carbocycles. The molecule has 70 valence electrons. The normalized spacial score (nSPS) is 21.1. The minimum Gasteiger partial charge on any atom is -0.480 e. The van der Waals surface area contributed by atoms with Crippen molar-refractivity contribution in [3.05, 3.63) is 0 Å². The highest BCUT2D eigenvalue weighted by atomic mass is 16.4. The van der Waals surface area contributed by atoms with Crippen LogP contribution in [0.5, 0.6) is 0 Å². The number of likely N-dealkylation sites (tertiary alicyclic amines) is 1. The minimum absolute atomic E-state index is 0.565. The number of carboxylic acids is 1. The average molecular weight is 172 g/mol. The molecule has 1 aliphatic rings.